The molecule has 1 heterocycles. The maximum atomic E-state index is 12.9. The van der Waals surface area contributed by atoms with Gasteiger partial charge in [0.05, 0.1) is 12.7 Å². The third-order valence-corrected chi connectivity index (χ3v) is 5.55. The van der Waals surface area contributed by atoms with E-state index < -0.39 is 0 Å². The van der Waals surface area contributed by atoms with Gasteiger partial charge in [0.2, 0.25) is 0 Å². The molecule has 5 atom stereocenters. The first kappa shape index (κ1) is 14.8. The first-order valence-electron chi connectivity index (χ1n) is 6.71. The lowest BCUT2D eigenvalue weighted by atomic mass is 9.80. The Kier molecular flexibility index (Phi) is 4.87. The number of rotatable bonds is 3. The van der Waals surface area contributed by atoms with Gasteiger partial charge < -0.3 is 9.84 Å². The molecule has 0 spiro atoms. The van der Waals surface area contributed by atoms with Crippen molar-refractivity contribution in [2.45, 2.75) is 37.2 Å². The number of aliphatic hydroxyl groups excluding tert-OH is 1. The number of aliphatic hydroxyl groups is 1. The van der Waals surface area contributed by atoms with Crippen LogP contribution in [0.25, 0.3) is 0 Å². The SMILES string of the molecule is CC1[C@@H](C)[C@H](C)C(CO)O[C@H]1Sc1ccc(F)cc1. The van der Waals surface area contributed by atoms with Crippen LogP contribution in [0.15, 0.2) is 29.2 Å². The predicted molar refractivity (Wildman–Crippen MR) is 75.5 cm³/mol. The van der Waals surface area contributed by atoms with Crippen LogP contribution in [-0.4, -0.2) is 23.3 Å². The van der Waals surface area contributed by atoms with E-state index in [1.807, 2.05) is 0 Å². The minimum Gasteiger partial charge on any atom is -0.394 e. The summed E-state index contributed by atoms with van der Waals surface area (Å²) in [6.45, 7) is 6.56. The summed E-state index contributed by atoms with van der Waals surface area (Å²) >= 11 is 1.61. The topological polar surface area (TPSA) is 29.5 Å². The quantitative estimate of drug-likeness (QED) is 0.920. The fourth-order valence-corrected chi connectivity index (χ4v) is 3.70. The summed E-state index contributed by atoms with van der Waals surface area (Å²) in [5.74, 6) is 1.01. The summed E-state index contributed by atoms with van der Waals surface area (Å²) in [4.78, 5) is 0.997. The Balaban J connectivity index is 2.08. The maximum absolute atomic E-state index is 12.9. The van der Waals surface area contributed by atoms with Crippen molar-refractivity contribution in [1.82, 2.24) is 0 Å². The first-order chi connectivity index (χ1) is 9.02. The number of hydrogen-bond acceptors (Lipinski definition) is 3. The van der Waals surface area contributed by atoms with Gasteiger partial charge in [-0.05, 0) is 42.0 Å². The van der Waals surface area contributed by atoms with Crippen molar-refractivity contribution >= 4 is 11.8 Å². The van der Waals surface area contributed by atoms with Crippen LogP contribution in [0.1, 0.15) is 20.8 Å². The number of halogens is 1. The van der Waals surface area contributed by atoms with Crippen LogP contribution in [0.4, 0.5) is 4.39 Å². The third-order valence-electron chi connectivity index (χ3n) is 4.23. The van der Waals surface area contributed by atoms with Crippen LogP contribution in [-0.2, 0) is 4.74 Å². The predicted octanol–water partition coefficient (Wildman–Crippen LogP) is 3.54. The standard InChI is InChI=1S/C15H21FO2S/c1-9-10(2)14(8-17)18-15(11(9)3)19-13-6-4-12(16)5-7-13/h4-7,9-11,14-15,17H,8H2,1-3H3/t9-,10-,11?,14?,15-/m0/s1. The molecule has 1 aliphatic rings. The van der Waals surface area contributed by atoms with Gasteiger partial charge >= 0.3 is 0 Å². The molecule has 4 heteroatoms. The molecule has 2 rings (SSSR count). The lowest BCUT2D eigenvalue weighted by molar-refractivity contribution is -0.112. The average molecular weight is 284 g/mol. The second-order valence-electron chi connectivity index (χ2n) is 5.37. The summed E-state index contributed by atoms with van der Waals surface area (Å²) in [6.07, 6.45) is -0.107. The molecule has 0 aliphatic carbocycles. The molecule has 0 saturated carbocycles. The van der Waals surface area contributed by atoms with Crippen molar-refractivity contribution in [2.24, 2.45) is 17.8 Å². The van der Waals surface area contributed by atoms with E-state index in [1.165, 1.54) is 12.1 Å². The van der Waals surface area contributed by atoms with Crippen LogP contribution in [0, 0.1) is 23.6 Å². The summed E-state index contributed by atoms with van der Waals surface area (Å²) in [5.41, 5.74) is 0.00816. The van der Waals surface area contributed by atoms with Gasteiger partial charge in [0.15, 0.2) is 0 Å². The maximum Gasteiger partial charge on any atom is 0.123 e. The Labute approximate surface area is 118 Å². The molecule has 2 nitrogen and oxygen atoms in total. The molecular formula is C15H21FO2S. The first-order valence-corrected chi connectivity index (χ1v) is 7.59. The van der Waals surface area contributed by atoms with Crippen molar-refractivity contribution in [1.29, 1.82) is 0 Å². The highest BCUT2D eigenvalue weighted by molar-refractivity contribution is 7.99. The summed E-state index contributed by atoms with van der Waals surface area (Å²) in [7, 11) is 0. The Morgan fingerprint density at radius 3 is 2.32 bits per heavy atom. The van der Waals surface area contributed by atoms with Crippen LogP contribution in [0.5, 0.6) is 0 Å². The van der Waals surface area contributed by atoms with Crippen molar-refractivity contribution in [3.63, 3.8) is 0 Å². The van der Waals surface area contributed by atoms with Gasteiger partial charge in [-0.1, -0.05) is 32.5 Å². The minimum atomic E-state index is -0.225. The zero-order valence-corrected chi connectivity index (χ0v) is 12.4. The van der Waals surface area contributed by atoms with Crippen LogP contribution in [0.2, 0.25) is 0 Å². The van der Waals surface area contributed by atoms with Gasteiger partial charge in [-0.15, -0.1) is 0 Å². The highest BCUT2D eigenvalue weighted by Crippen LogP contribution is 2.41. The van der Waals surface area contributed by atoms with E-state index in [1.54, 1.807) is 23.9 Å². The fourth-order valence-electron chi connectivity index (χ4n) is 2.48. The zero-order valence-electron chi connectivity index (χ0n) is 11.5. The Bertz CT molecular complexity index is 407. The summed E-state index contributed by atoms with van der Waals surface area (Å²) in [6, 6.07) is 6.47. The summed E-state index contributed by atoms with van der Waals surface area (Å²) < 4.78 is 18.9. The van der Waals surface area contributed by atoms with Gasteiger partial charge in [0, 0.05) is 4.90 Å². The van der Waals surface area contributed by atoms with Crippen molar-refractivity contribution < 1.29 is 14.2 Å². The van der Waals surface area contributed by atoms with E-state index in [-0.39, 0.29) is 24.0 Å². The molecule has 0 radical (unpaired) electrons. The van der Waals surface area contributed by atoms with E-state index >= 15 is 0 Å². The van der Waals surface area contributed by atoms with Gasteiger partial charge in [-0.25, -0.2) is 4.39 Å². The van der Waals surface area contributed by atoms with E-state index in [9.17, 15) is 9.50 Å². The van der Waals surface area contributed by atoms with Gasteiger partial charge in [-0.3, -0.25) is 0 Å². The number of thioether (sulfide) groups is 1. The molecule has 0 amide bonds. The molecular weight excluding hydrogens is 263 g/mol. The average Bonchev–Trinajstić information content (AvgIpc) is 2.42. The third kappa shape index (κ3) is 3.30. The van der Waals surface area contributed by atoms with Crippen molar-refractivity contribution in [3.8, 4) is 0 Å². The molecule has 0 bridgehead atoms. The Morgan fingerprint density at radius 2 is 1.74 bits per heavy atom. The second-order valence-corrected chi connectivity index (χ2v) is 6.55. The molecule has 1 fully saturated rings. The van der Waals surface area contributed by atoms with E-state index in [0.717, 1.165) is 4.90 Å². The molecule has 1 aliphatic heterocycles. The smallest absolute Gasteiger partial charge is 0.123 e. The largest absolute Gasteiger partial charge is 0.394 e. The van der Waals surface area contributed by atoms with Crippen LogP contribution in [0.3, 0.4) is 0 Å². The normalized spacial score (nSPS) is 35.3. The van der Waals surface area contributed by atoms with Crippen LogP contribution < -0.4 is 0 Å². The van der Waals surface area contributed by atoms with E-state index in [0.29, 0.717) is 17.8 Å². The highest BCUT2D eigenvalue weighted by Gasteiger charge is 2.39. The molecule has 1 aromatic carbocycles. The van der Waals surface area contributed by atoms with Gasteiger partial charge in [0.25, 0.3) is 0 Å². The Hall–Kier alpha value is -0.580. The molecule has 2 unspecified atom stereocenters. The fraction of sp³-hybridized carbons (Fsp3) is 0.600. The number of hydrogen-bond donors (Lipinski definition) is 1. The zero-order chi connectivity index (χ0) is 14.0. The monoisotopic (exact) mass is 284 g/mol. The number of benzene rings is 1. The highest BCUT2D eigenvalue weighted by atomic mass is 32.2. The van der Waals surface area contributed by atoms with E-state index in [2.05, 4.69) is 20.8 Å². The van der Waals surface area contributed by atoms with Crippen molar-refractivity contribution in [3.05, 3.63) is 30.1 Å². The molecule has 1 N–H and O–H groups in total. The van der Waals surface area contributed by atoms with Crippen molar-refractivity contribution in [2.75, 3.05) is 6.61 Å². The summed E-state index contributed by atoms with van der Waals surface area (Å²) in [5, 5.41) is 9.40. The molecule has 19 heavy (non-hydrogen) atoms. The van der Waals surface area contributed by atoms with E-state index in [4.69, 9.17) is 4.74 Å². The van der Waals surface area contributed by atoms with Gasteiger partial charge in [-0.2, -0.15) is 0 Å². The minimum absolute atomic E-state index is 0.00816. The molecule has 106 valence electrons. The molecule has 0 aromatic heterocycles. The lowest BCUT2D eigenvalue weighted by Crippen LogP contribution is -2.44. The molecule has 1 saturated heterocycles. The second kappa shape index (κ2) is 6.25. The van der Waals surface area contributed by atoms with Crippen LogP contribution >= 0.6 is 11.8 Å². The lowest BCUT2D eigenvalue weighted by Gasteiger charge is -2.42. The number of ether oxygens (including phenoxy) is 1. The molecule has 1 aromatic rings. The Morgan fingerprint density at radius 1 is 1.11 bits per heavy atom. The van der Waals surface area contributed by atoms with Gasteiger partial charge in [0.1, 0.15) is 11.3 Å².